The van der Waals surface area contributed by atoms with Gasteiger partial charge in [0, 0.05) is 9.86 Å². The fraction of sp³-hybridized carbons (Fsp3) is 0.0625. The molecule has 27 heavy (non-hydrogen) atoms. The summed E-state index contributed by atoms with van der Waals surface area (Å²) >= 11 is 3.13. The zero-order valence-corrected chi connectivity index (χ0v) is 16.8. The number of hydrogen-bond donors (Lipinski definition) is 3. The third-order valence-electron chi connectivity index (χ3n) is 4.12. The molecule has 0 fully saturated rings. The minimum atomic E-state index is -4.09. The van der Waals surface area contributed by atoms with E-state index in [0.717, 1.165) is 17.0 Å². The van der Waals surface area contributed by atoms with E-state index in [4.69, 9.17) is 5.14 Å². The van der Waals surface area contributed by atoms with Gasteiger partial charge in [0.05, 0.1) is 21.8 Å². The summed E-state index contributed by atoms with van der Waals surface area (Å²) < 4.78 is 51.3. The number of halogens is 1. The van der Waals surface area contributed by atoms with Crippen molar-refractivity contribution in [2.24, 2.45) is 5.14 Å². The van der Waals surface area contributed by atoms with Crippen LogP contribution in [-0.4, -0.2) is 21.8 Å². The number of aromatic nitrogens is 1. The van der Waals surface area contributed by atoms with Gasteiger partial charge in [-0.15, -0.1) is 0 Å². The number of nitrogens with one attached hydrogen (secondary N) is 2. The van der Waals surface area contributed by atoms with Crippen LogP contribution < -0.4 is 15.2 Å². The van der Waals surface area contributed by atoms with E-state index in [2.05, 4.69) is 31.0 Å². The Morgan fingerprint density at radius 2 is 1.85 bits per heavy atom. The fourth-order valence-corrected chi connectivity index (χ4v) is 5.87. The van der Waals surface area contributed by atoms with Crippen LogP contribution in [0.2, 0.25) is 0 Å². The second kappa shape index (κ2) is 6.24. The number of fused-ring (bicyclic) bond motifs is 2. The Hall–Kier alpha value is -2.05. The van der Waals surface area contributed by atoms with E-state index in [0.29, 0.717) is 5.69 Å². The molecule has 1 aliphatic heterocycles. The van der Waals surface area contributed by atoms with Crippen molar-refractivity contribution in [3.8, 4) is 0 Å². The minimum Gasteiger partial charge on any atom is -0.363 e. The number of pyridine rings is 1. The maximum absolute atomic E-state index is 12.7. The molecular formula is C16H13BrN4O4S2. The molecule has 3 aromatic rings. The minimum absolute atomic E-state index is 0.165. The predicted molar refractivity (Wildman–Crippen MR) is 104 cm³/mol. The van der Waals surface area contributed by atoms with Crippen LogP contribution in [-0.2, 0) is 20.0 Å². The van der Waals surface area contributed by atoms with Crippen molar-refractivity contribution in [3.63, 3.8) is 0 Å². The van der Waals surface area contributed by atoms with Gasteiger partial charge in [-0.2, -0.15) is 4.72 Å². The van der Waals surface area contributed by atoms with E-state index in [1.54, 1.807) is 6.07 Å². The van der Waals surface area contributed by atoms with Crippen LogP contribution in [0, 0.1) is 0 Å². The normalized spacial score (nSPS) is 18.7. The summed E-state index contributed by atoms with van der Waals surface area (Å²) in [5.74, 6) is 0. The molecule has 2 heterocycles. The molecule has 0 saturated carbocycles. The number of sulfonamides is 2. The molecule has 0 radical (unpaired) electrons. The Kier molecular flexibility index (Phi) is 4.24. The van der Waals surface area contributed by atoms with Crippen LogP contribution in [0.4, 0.5) is 5.69 Å². The number of para-hydroxylation sites is 1. The highest BCUT2D eigenvalue weighted by Crippen LogP contribution is 2.36. The number of hydrogen-bond acceptors (Lipinski definition) is 6. The first kappa shape index (κ1) is 18.3. The van der Waals surface area contributed by atoms with E-state index in [1.807, 2.05) is 30.3 Å². The molecule has 0 aliphatic carbocycles. The van der Waals surface area contributed by atoms with Crippen LogP contribution in [0.15, 0.2) is 62.8 Å². The number of nitrogens with two attached hydrogens (primary N) is 1. The summed E-state index contributed by atoms with van der Waals surface area (Å²) in [6.07, 6.45) is -0.806. The number of nitrogens with zero attached hydrogens (tertiary/aromatic N) is 1. The molecule has 8 nitrogen and oxygen atoms in total. The summed E-state index contributed by atoms with van der Waals surface area (Å²) in [7, 11) is -8.07. The second-order valence-electron chi connectivity index (χ2n) is 5.95. The number of anilines is 1. The molecule has 0 saturated heterocycles. The second-order valence-corrected chi connectivity index (χ2v) is 10.0. The first-order valence-corrected chi connectivity index (χ1v) is 11.5. The van der Waals surface area contributed by atoms with Crippen molar-refractivity contribution in [2.45, 2.75) is 16.0 Å². The maximum Gasteiger partial charge on any atom is 0.244 e. The van der Waals surface area contributed by atoms with Gasteiger partial charge in [-0.3, -0.25) is 0 Å². The van der Waals surface area contributed by atoms with E-state index < -0.39 is 26.2 Å². The van der Waals surface area contributed by atoms with Crippen LogP contribution in [0.1, 0.15) is 11.9 Å². The van der Waals surface area contributed by atoms with Gasteiger partial charge in [-0.05, 0) is 40.2 Å². The van der Waals surface area contributed by atoms with Gasteiger partial charge in [0.2, 0.25) is 20.0 Å². The molecule has 2 aromatic carbocycles. The zero-order valence-electron chi connectivity index (χ0n) is 13.5. The van der Waals surface area contributed by atoms with Crippen LogP contribution in [0.5, 0.6) is 0 Å². The van der Waals surface area contributed by atoms with Crippen molar-refractivity contribution in [1.29, 1.82) is 0 Å². The third kappa shape index (κ3) is 3.32. The summed E-state index contributed by atoms with van der Waals surface area (Å²) in [5.41, 5.74) is 1.45. The van der Waals surface area contributed by atoms with Crippen molar-refractivity contribution < 1.29 is 16.8 Å². The standard InChI is InChI=1S/C16H13BrN4O4S2/c17-10-7-13-15(8-14(10)26(18,22)23)27(24,25)21-16(20-13)12-6-5-9-3-1-2-4-11(9)19-12/h1-8,16,20-21H,(H2,18,22,23). The van der Waals surface area contributed by atoms with Gasteiger partial charge in [-0.25, -0.2) is 27.0 Å². The van der Waals surface area contributed by atoms with E-state index >= 15 is 0 Å². The lowest BCUT2D eigenvalue weighted by molar-refractivity contribution is 0.559. The first-order valence-electron chi connectivity index (χ1n) is 7.66. The quantitative estimate of drug-likeness (QED) is 0.527. The first-order chi connectivity index (χ1) is 12.6. The summed E-state index contributed by atoms with van der Waals surface area (Å²) in [6.45, 7) is 0. The average molecular weight is 469 g/mol. The van der Waals surface area contributed by atoms with Crippen molar-refractivity contribution >= 4 is 52.6 Å². The lowest BCUT2D eigenvalue weighted by atomic mass is 10.2. The van der Waals surface area contributed by atoms with Crippen molar-refractivity contribution in [2.75, 3.05) is 5.32 Å². The summed E-state index contributed by atoms with van der Waals surface area (Å²) in [6, 6.07) is 13.5. The number of primary sulfonamides is 1. The molecule has 4 N–H and O–H groups in total. The van der Waals surface area contributed by atoms with Crippen LogP contribution in [0.25, 0.3) is 10.9 Å². The van der Waals surface area contributed by atoms with E-state index in [-0.39, 0.29) is 20.0 Å². The smallest absolute Gasteiger partial charge is 0.244 e. The van der Waals surface area contributed by atoms with Crippen molar-refractivity contribution in [3.05, 3.63) is 58.7 Å². The SMILES string of the molecule is NS(=O)(=O)c1cc2c(cc1Br)NC(c1ccc3ccccc3n1)NS2(=O)=O. The molecule has 1 aromatic heterocycles. The molecule has 1 unspecified atom stereocenters. The largest absolute Gasteiger partial charge is 0.363 e. The molecular weight excluding hydrogens is 456 g/mol. The lowest BCUT2D eigenvalue weighted by Crippen LogP contribution is -2.39. The Morgan fingerprint density at radius 1 is 1.11 bits per heavy atom. The third-order valence-corrected chi connectivity index (χ3v) is 7.45. The Bertz CT molecular complexity index is 1290. The maximum atomic E-state index is 12.7. The Labute approximate surface area is 164 Å². The van der Waals surface area contributed by atoms with Gasteiger partial charge in [0.25, 0.3) is 0 Å². The molecule has 11 heteroatoms. The molecule has 1 atom stereocenters. The van der Waals surface area contributed by atoms with Gasteiger partial charge < -0.3 is 5.32 Å². The monoisotopic (exact) mass is 468 g/mol. The molecule has 140 valence electrons. The van der Waals surface area contributed by atoms with Gasteiger partial charge in [-0.1, -0.05) is 24.3 Å². The summed E-state index contributed by atoms with van der Waals surface area (Å²) in [5, 5.41) is 9.11. The molecule has 0 bridgehead atoms. The average Bonchev–Trinajstić information content (AvgIpc) is 2.59. The number of rotatable bonds is 2. The highest BCUT2D eigenvalue weighted by Gasteiger charge is 2.33. The summed E-state index contributed by atoms with van der Waals surface area (Å²) in [4.78, 5) is 3.99. The van der Waals surface area contributed by atoms with Crippen LogP contribution >= 0.6 is 15.9 Å². The molecule has 1 aliphatic rings. The van der Waals surface area contributed by atoms with E-state index in [1.165, 1.54) is 6.07 Å². The van der Waals surface area contributed by atoms with Crippen LogP contribution in [0.3, 0.4) is 0 Å². The predicted octanol–water partition coefficient (Wildman–Crippen LogP) is 2.05. The zero-order chi connectivity index (χ0) is 19.4. The van der Waals surface area contributed by atoms with Gasteiger partial charge in [0.15, 0.2) is 0 Å². The van der Waals surface area contributed by atoms with E-state index in [9.17, 15) is 16.8 Å². The molecule has 4 rings (SSSR count). The molecule has 0 amide bonds. The highest BCUT2D eigenvalue weighted by molar-refractivity contribution is 9.10. The topological polar surface area (TPSA) is 131 Å². The molecule has 0 spiro atoms. The van der Waals surface area contributed by atoms with Gasteiger partial charge in [0.1, 0.15) is 11.1 Å². The highest BCUT2D eigenvalue weighted by atomic mass is 79.9. The lowest BCUT2D eigenvalue weighted by Gasteiger charge is -2.28. The number of benzene rings is 2. The Morgan fingerprint density at radius 3 is 2.59 bits per heavy atom. The Balaban J connectivity index is 1.82. The fourth-order valence-electron chi connectivity index (χ4n) is 2.87. The van der Waals surface area contributed by atoms with Crippen molar-refractivity contribution in [1.82, 2.24) is 9.71 Å². The van der Waals surface area contributed by atoms with Gasteiger partial charge >= 0.3 is 0 Å².